The molecule has 0 unspecified atom stereocenters. The molecule has 0 heterocycles. The van der Waals surface area contributed by atoms with E-state index in [1.165, 1.54) is 19.1 Å². The van der Waals surface area contributed by atoms with Gasteiger partial charge in [-0.1, -0.05) is 42.5 Å². The van der Waals surface area contributed by atoms with Gasteiger partial charge >= 0.3 is 24.1 Å². The summed E-state index contributed by atoms with van der Waals surface area (Å²) in [5.74, 6) is -2.49. The van der Waals surface area contributed by atoms with Crippen LogP contribution in [0.5, 0.6) is 5.75 Å². The molecule has 4 N–H and O–H groups in total. The highest BCUT2D eigenvalue weighted by Crippen LogP contribution is 2.14. The Kier molecular flexibility index (Phi) is 14.3. The zero-order chi connectivity index (χ0) is 33.4. The molecule has 244 valence electrons. The Morgan fingerprint density at radius 1 is 0.778 bits per heavy atom. The number of ether oxygens (including phenoxy) is 4. The smallest absolute Gasteiger partial charge is 0.408 e. The van der Waals surface area contributed by atoms with Crippen molar-refractivity contribution < 1.29 is 47.7 Å². The largest absolute Gasteiger partial charge is 0.464 e. The number of benzene rings is 2. The number of nitrogens with one attached hydrogen (secondary N) is 4. The maximum absolute atomic E-state index is 12.8. The van der Waals surface area contributed by atoms with Gasteiger partial charge in [-0.2, -0.15) is 0 Å². The minimum absolute atomic E-state index is 0.0275. The molecule has 0 saturated heterocycles. The minimum Gasteiger partial charge on any atom is -0.464 e. The third-order valence-electron chi connectivity index (χ3n) is 5.64. The maximum Gasteiger partial charge on any atom is 0.408 e. The molecule has 0 fully saturated rings. The molecule has 0 spiro atoms. The van der Waals surface area contributed by atoms with Crippen LogP contribution in [0.3, 0.4) is 0 Å². The lowest BCUT2D eigenvalue weighted by molar-refractivity contribution is -0.147. The van der Waals surface area contributed by atoms with Gasteiger partial charge in [-0.05, 0) is 57.9 Å². The topological polar surface area (TPSA) is 187 Å². The van der Waals surface area contributed by atoms with Crippen molar-refractivity contribution >= 4 is 35.9 Å². The van der Waals surface area contributed by atoms with Crippen molar-refractivity contribution in [1.29, 1.82) is 0 Å². The van der Waals surface area contributed by atoms with E-state index in [1.807, 2.05) is 18.2 Å². The number of carbonyl (C=O) groups excluding carboxylic acids is 6. The molecule has 2 atom stereocenters. The van der Waals surface area contributed by atoms with Crippen LogP contribution in [-0.4, -0.2) is 73.3 Å². The number of hydrogen-bond acceptors (Lipinski definition) is 10. The number of esters is 2. The van der Waals surface area contributed by atoms with E-state index in [0.29, 0.717) is 5.56 Å². The summed E-state index contributed by atoms with van der Waals surface area (Å²) in [6, 6.07) is 13.1. The highest BCUT2D eigenvalue weighted by molar-refractivity contribution is 5.89. The molecular formula is C31H40N4O10. The highest BCUT2D eigenvalue weighted by Gasteiger charge is 2.26. The summed E-state index contributed by atoms with van der Waals surface area (Å²) in [7, 11) is 0. The number of alkyl carbamates (subject to hydrolysis) is 2. The molecule has 2 rings (SSSR count). The van der Waals surface area contributed by atoms with Crippen molar-refractivity contribution in [3.8, 4) is 5.75 Å². The highest BCUT2D eigenvalue weighted by atomic mass is 16.6. The van der Waals surface area contributed by atoms with E-state index < -0.39 is 60.2 Å². The summed E-state index contributed by atoms with van der Waals surface area (Å²) in [4.78, 5) is 73.2. The fourth-order valence-electron chi connectivity index (χ4n) is 3.54. The zero-order valence-electron chi connectivity index (χ0n) is 26.0. The van der Waals surface area contributed by atoms with Crippen LogP contribution in [-0.2, 0) is 46.4 Å². The van der Waals surface area contributed by atoms with Crippen molar-refractivity contribution in [3.63, 3.8) is 0 Å². The second kappa shape index (κ2) is 17.9. The molecule has 2 aromatic rings. The molecule has 45 heavy (non-hydrogen) atoms. The van der Waals surface area contributed by atoms with Crippen LogP contribution in [0.1, 0.15) is 45.7 Å². The predicted molar refractivity (Wildman–Crippen MR) is 161 cm³/mol. The third-order valence-corrected chi connectivity index (χ3v) is 5.64. The summed E-state index contributed by atoms with van der Waals surface area (Å²) in [6.07, 6.45) is -1.52. The van der Waals surface area contributed by atoms with Crippen LogP contribution in [0.2, 0.25) is 0 Å². The Labute approximate surface area is 261 Å². The third kappa shape index (κ3) is 14.7. The van der Waals surface area contributed by atoms with Gasteiger partial charge in [0.15, 0.2) is 0 Å². The first kappa shape index (κ1) is 36.1. The van der Waals surface area contributed by atoms with Crippen molar-refractivity contribution in [3.05, 3.63) is 65.7 Å². The monoisotopic (exact) mass is 628 g/mol. The molecular weight excluding hydrogens is 588 g/mol. The Hall–Kier alpha value is -5.14. The minimum atomic E-state index is -1.07. The van der Waals surface area contributed by atoms with Gasteiger partial charge in [-0.3, -0.25) is 9.59 Å². The van der Waals surface area contributed by atoms with E-state index in [2.05, 4.69) is 21.3 Å². The average Bonchev–Trinajstić information content (AvgIpc) is 2.98. The Bertz CT molecular complexity index is 1310. The van der Waals surface area contributed by atoms with Crippen LogP contribution >= 0.6 is 0 Å². The number of amides is 4. The molecule has 0 aromatic heterocycles. The normalized spacial score (nSPS) is 12.0. The molecule has 0 radical (unpaired) electrons. The lowest BCUT2D eigenvalue weighted by Gasteiger charge is -2.20. The van der Waals surface area contributed by atoms with Crippen LogP contribution in [0.4, 0.5) is 9.59 Å². The van der Waals surface area contributed by atoms with Gasteiger partial charge in [0.25, 0.3) is 0 Å². The van der Waals surface area contributed by atoms with E-state index in [9.17, 15) is 28.8 Å². The lowest BCUT2D eigenvalue weighted by atomic mass is 10.1. The Morgan fingerprint density at radius 3 is 2.07 bits per heavy atom. The van der Waals surface area contributed by atoms with Gasteiger partial charge in [0.2, 0.25) is 11.8 Å². The van der Waals surface area contributed by atoms with E-state index in [-0.39, 0.29) is 31.9 Å². The van der Waals surface area contributed by atoms with Crippen LogP contribution in [0.25, 0.3) is 0 Å². The maximum atomic E-state index is 12.8. The van der Waals surface area contributed by atoms with Gasteiger partial charge in [0.1, 0.15) is 43.1 Å². The fraction of sp³-hybridized carbons (Fsp3) is 0.419. The van der Waals surface area contributed by atoms with Crippen LogP contribution in [0.15, 0.2) is 54.6 Å². The van der Waals surface area contributed by atoms with E-state index in [4.69, 9.17) is 18.9 Å². The molecule has 0 aliphatic heterocycles. The van der Waals surface area contributed by atoms with Gasteiger partial charge < -0.3 is 40.2 Å². The lowest BCUT2D eigenvalue weighted by Crippen LogP contribution is -2.51. The SMILES string of the molecule is CCOC(=O)[C@@H](Cc1ccc(OC(=O)CNC(=O)CNC(=O)OC(C)(C)C)cc1)NC(=O)[C@H](C)NC(=O)OCc1ccccc1. The van der Waals surface area contributed by atoms with E-state index in [1.54, 1.807) is 52.0 Å². The predicted octanol–water partition coefficient (Wildman–Crippen LogP) is 2.14. The second-order valence-corrected chi connectivity index (χ2v) is 10.7. The quantitative estimate of drug-likeness (QED) is 0.137. The molecule has 4 amide bonds. The van der Waals surface area contributed by atoms with Gasteiger partial charge in [0.05, 0.1) is 6.61 Å². The zero-order valence-corrected chi connectivity index (χ0v) is 26.0. The fourth-order valence-corrected chi connectivity index (χ4v) is 3.54. The second-order valence-electron chi connectivity index (χ2n) is 10.7. The van der Waals surface area contributed by atoms with Crippen molar-refractivity contribution in [1.82, 2.24) is 21.3 Å². The number of rotatable bonds is 14. The van der Waals surface area contributed by atoms with Crippen LogP contribution in [0, 0.1) is 0 Å². The molecule has 0 saturated carbocycles. The van der Waals surface area contributed by atoms with Gasteiger partial charge in [-0.15, -0.1) is 0 Å². The Balaban J connectivity index is 1.85. The first-order chi connectivity index (χ1) is 21.3. The molecule has 0 aliphatic carbocycles. The summed E-state index contributed by atoms with van der Waals surface area (Å²) in [5.41, 5.74) is 0.672. The van der Waals surface area contributed by atoms with Crippen molar-refractivity contribution in [2.75, 3.05) is 19.7 Å². The van der Waals surface area contributed by atoms with Gasteiger partial charge in [-0.25, -0.2) is 19.2 Å². The van der Waals surface area contributed by atoms with E-state index in [0.717, 1.165) is 5.56 Å². The number of carbonyl (C=O) groups is 6. The van der Waals surface area contributed by atoms with Crippen molar-refractivity contribution in [2.45, 2.75) is 65.3 Å². The first-order valence-electron chi connectivity index (χ1n) is 14.2. The Morgan fingerprint density at radius 2 is 1.44 bits per heavy atom. The first-order valence-corrected chi connectivity index (χ1v) is 14.2. The van der Waals surface area contributed by atoms with Gasteiger partial charge in [0, 0.05) is 6.42 Å². The molecule has 14 nitrogen and oxygen atoms in total. The summed E-state index contributed by atoms with van der Waals surface area (Å²) in [6.45, 7) is 7.41. The summed E-state index contributed by atoms with van der Waals surface area (Å²) >= 11 is 0. The average molecular weight is 629 g/mol. The van der Waals surface area contributed by atoms with E-state index >= 15 is 0 Å². The molecule has 14 heteroatoms. The number of hydrogen-bond donors (Lipinski definition) is 4. The molecule has 0 aliphatic rings. The standard InChI is InChI=1S/C31H40N4O10/c1-6-42-28(39)24(35-27(38)20(2)34-30(41)43-19-22-10-8-7-9-11-22)16-21-12-14-23(15-13-21)44-26(37)18-32-25(36)17-33-29(40)45-31(3,4)5/h7-15,20,24H,6,16-19H2,1-5H3,(H,32,36)(H,33,40)(H,34,41)(H,35,38)/t20-,24+/m0/s1. The molecule has 0 bridgehead atoms. The summed E-state index contributed by atoms with van der Waals surface area (Å²) in [5, 5.41) is 9.62. The van der Waals surface area contributed by atoms with Crippen LogP contribution < -0.4 is 26.0 Å². The van der Waals surface area contributed by atoms with Crippen molar-refractivity contribution in [2.24, 2.45) is 0 Å². The molecule has 2 aromatic carbocycles. The summed E-state index contributed by atoms with van der Waals surface area (Å²) < 4.78 is 20.5.